The summed E-state index contributed by atoms with van der Waals surface area (Å²) in [5, 5.41) is 4.35. The first-order chi connectivity index (χ1) is 10.1. The second kappa shape index (κ2) is 5.68. The fraction of sp³-hybridized carbons (Fsp3) is 0.438. The minimum atomic E-state index is -0.00859. The van der Waals surface area contributed by atoms with E-state index in [1.165, 1.54) is 17.5 Å². The van der Waals surface area contributed by atoms with E-state index in [0.29, 0.717) is 23.9 Å². The molecule has 110 valence electrons. The largest absolute Gasteiger partial charge is 0.383 e. The molecule has 1 fully saturated rings. The molecule has 0 aliphatic heterocycles. The molecule has 0 atom stereocenters. The fourth-order valence-electron chi connectivity index (χ4n) is 2.90. The highest BCUT2D eigenvalue weighted by molar-refractivity contribution is 5.82. The number of rotatable bonds is 3. The summed E-state index contributed by atoms with van der Waals surface area (Å²) in [6, 6.07) is 5.60. The molecule has 3 rings (SSSR count). The highest BCUT2D eigenvalue weighted by Crippen LogP contribution is 2.28. The lowest BCUT2D eigenvalue weighted by Crippen LogP contribution is -2.17. The van der Waals surface area contributed by atoms with Gasteiger partial charge in [0.25, 0.3) is 0 Å². The predicted octanol–water partition coefficient (Wildman–Crippen LogP) is 3.06. The quantitative estimate of drug-likeness (QED) is 0.940. The number of nitrogens with zero attached hydrogens (tertiary/aromatic N) is 3. The summed E-state index contributed by atoms with van der Waals surface area (Å²) >= 11 is 0. The number of aryl methyl sites for hydroxylation is 1. The zero-order valence-electron chi connectivity index (χ0n) is 12.2. The van der Waals surface area contributed by atoms with E-state index in [2.05, 4.69) is 10.1 Å². The minimum Gasteiger partial charge on any atom is -0.383 e. The van der Waals surface area contributed by atoms with E-state index in [-0.39, 0.29) is 5.91 Å². The van der Waals surface area contributed by atoms with Crippen molar-refractivity contribution in [1.29, 1.82) is 0 Å². The first-order valence-electron chi connectivity index (χ1n) is 7.45. The lowest BCUT2D eigenvalue weighted by molar-refractivity contribution is 0.0868. The molecule has 1 aliphatic carbocycles. The summed E-state index contributed by atoms with van der Waals surface area (Å²) in [7, 11) is 0. The number of carbonyl (C=O) groups is 1. The van der Waals surface area contributed by atoms with Gasteiger partial charge in [-0.1, -0.05) is 12.8 Å². The first-order valence-corrected chi connectivity index (χ1v) is 7.45. The Kier molecular flexibility index (Phi) is 3.73. The Morgan fingerprint density at radius 2 is 2.14 bits per heavy atom. The van der Waals surface area contributed by atoms with Gasteiger partial charge in [0.15, 0.2) is 0 Å². The van der Waals surface area contributed by atoms with Crippen molar-refractivity contribution < 1.29 is 4.79 Å². The molecule has 2 aromatic heterocycles. The van der Waals surface area contributed by atoms with Gasteiger partial charge in [0, 0.05) is 29.9 Å². The number of nitrogens with two attached hydrogens (primary N) is 1. The third-order valence-electron chi connectivity index (χ3n) is 4.12. The summed E-state index contributed by atoms with van der Waals surface area (Å²) in [5.74, 6) is 0.880. The van der Waals surface area contributed by atoms with Gasteiger partial charge in [-0.2, -0.15) is 9.78 Å². The van der Waals surface area contributed by atoms with Crippen molar-refractivity contribution in [2.45, 2.75) is 39.0 Å². The fourth-order valence-corrected chi connectivity index (χ4v) is 2.90. The number of carbonyl (C=O) groups excluding carboxylic acids is 1. The lowest BCUT2D eigenvalue weighted by atomic mass is 10.0. The van der Waals surface area contributed by atoms with Crippen molar-refractivity contribution in [2.75, 3.05) is 5.73 Å². The Morgan fingerprint density at radius 3 is 2.81 bits per heavy atom. The number of hydrogen-bond acceptors (Lipinski definition) is 4. The van der Waals surface area contributed by atoms with Gasteiger partial charge in [-0.25, -0.2) is 0 Å². The van der Waals surface area contributed by atoms with Crippen LogP contribution in [0.2, 0.25) is 0 Å². The Hall–Kier alpha value is -2.17. The molecule has 5 heteroatoms. The molecule has 1 aliphatic rings. The maximum absolute atomic E-state index is 12.3. The number of pyridine rings is 1. The maximum atomic E-state index is 12.3. The molecule has 5 nitrogen and oxygen atoms in total. The van der Waals surface area contributed by atoms with Crippen LogP contribution >= 0.6 is 0 Å². The highest BCUT2D eigenvalue weighted by Gasteiger charge is 2.21. The molecule has 0 unspecified atom stereocenters. The number of aromatic nitrogens is 3. The third kappa shape index (κ3) is 2.96. The van der Waals surface area contributed by atoms with Gasteiger partial charge >= 0.3 is 0 Å². The second-order valence-electron chi connectivity index (χ2n) is 5.80. The zero-order chi connectivity index (χ0) is 14.8. The average molecular weight is 284 g/mol. The first kappa shape index (κ1) is 13.8. The molecule has 2 heterocycles. The van der Waals surface area contributed by atoms with E-state index in [0.717, 1.165) is 24.1 Å². The standard InChI is InChI=1S/C16H20N4O/c1-11-6-7-13(10-18-11)14-9-15(17)20(19-14)16(21)8-12-4-2-3-5-12/h6-7,9-10,12H,2-5,8,17H2,1H3. The normalized spacial score (nSPS) is 15.5. The van der Waals surface area contributed by atoms with Crippen LogP contribution < -0.4 is 5.73 Å². The van der Waals surface area contributed by atoms with Crippen molar-refractivity contribution in [3.05, 3.63) is 30.1 Å². The van der Waals surface area contributed by atoms with Crippen molar-refractivity contribution in [3.8, 4) is 11.3 Å². The van der Waals surface area contributed by atoms with Crippen LogP contribution in [0, 0.1) is 12.8 Å². The molecule has 0 bridgehead atoms. The third-order valence-corrected chi connectivity index (χ3v) is 4.12. The molecule has 0 radical (unpaired) electrons. The highest BCUT2D eigenvalue weighted by atomic mass is 16.2. The lowest BCUT2D eigenvalue weighted by Gasteiger charge is -2.08. The van der Waals surface area contributed by atoms with E-state index in [9.17, 15) is 4.79 Å². The summed E-state index contributed by atoms with van der Waals surface area (Å²) in [4.78, 5) is 16.6. The van der Waals surface area contributed by atoms with Crippen LogP contribution in [-0.4, -0.2) is 20.7 Å². The molecule has 0 saturated heterocycles. The molecule has 0 aromatic carbocycles. The van der Waals surface area contributed by atoms with Crippen LogP contribution in [0.25, 0.3) is 11.3 Å². The molecular weight excluding hydrogens is 264 g/mol. The zero-order valence-corrected chi connectivity index (χ0v) is 12.2. The summed E-state index contributed by atoms with van der Waals surface area (Å²) in [6.45, 7) is 1.93. The molecule has 2 N–H and O–H groups in total. The molecule has 2 aromatic rings. The molecule has 1 saturated carbocycles. The monoisotopic (exact) mass is 284 g/mol. The van der Waals surface area contributed by atoms with E-state index < -0.39 is 0 Å². The van der Waals surface area contributed by atoms with Crippen LogP contribution in [0.4, 0.5) is 5.82 Å². The maximum Gasteiger partial charge on any atom is 0.249 e. The molecule has 21 heavy (non-hydrogen) atoms. The molecular formula is C16H20N4O. The van der Waals surface area contributed by atoms with Crippen LogP contribution in [-0.2, 0) is 0 Å². The van der Waals surface area contributed by atoms with Crippen molar-refractivity contribution in [3.63, 3.8) is 0 Å². The molecule has 0 amide bonds. The van der Waals surface area contributed by atoms with Crippen LogP contribution in [0.1, 0.15) is 42.6 Å². The van der Waals surface area contributed by atoms with Gasteiger partial charge in [0.2, 0.25) is 5.91 Å². The average Bonchev–Trinajstić information content (AvgIpc) is 3.09. The van der Waals surface area contributed by atoms with Crippen molar-refractivity contribution >= 4 is 11.7 Å². The van der Waals surface area contributed by atoms with Crippen molar-refractivity contribution in [1.82, 2.24) is 14.8 Å². The SMILES string of the molecule is Cc1ccc(-c2cc(N)n(C(=O)CC3CCCC3)n2)cn1. The number of nitrogen functional groups attached to an aromatic ring is 1. The smallest absolute Gasteiger partial charge is 0.249 e. The molecule has 0 spiro atoms. The summed E-state index contributed by atoms with van der Waals surface area (Å²) in [6.07, 6.45) is 7.03. The van der Waals surface area contributed by atoms with Crippen LogP contribution in [0.3, 0.4) is 0 Å². The van der Waals surface area contributed by atoms with Crippen LogP contribution in [0.5, 0.6) is 0 Å². The van der Waals surface area contributed by atoms with Gasteiger partial charge in [0.05, 0.1) is 5.69 Å². The minimum absolute atomic E-state index is 0.00859. The van der Waals surface area contributed by atoms with Gasteiger partial charge in [0.1, 0.15) is 5.82 Å². The van der Waals surface area contributed by atoms with E-state index in [4.69, 9.17) is 5.73 Å². The van der Waals surface area contributed by atoms with Crippen molar-refractivity contribution in [2.24, 2.45) is 5.92 Å². The van der Waals surface area contributed by atoms with Gasteiger partial charge < -0.3 is 5.73 Å². The Bertz CT molecular complexity index is 639. The Morgan fingerprint density at radius 1 is 1.38 bits per heavy atom. The van der Waals surface area contributed by atoms with E-state index in [1.807, 2.05) is 19.1 Å². The van der Waals surface area contributed by atoms with Gasteiger partial charge in [-0.3, -0.25) is 9.78 Å². The Balaban J connectivity index is 1.80. The van der Waals surface area contributed by atoms with E-state index >= 15 is 0 Å². The van der Waals surface area contributed by atoms with Gasteiger partial charge in [-0.15, -0.1) is 0 Å². The number of anilines is 1. The summed E-state index contributed by atoms with van der Waals surface area (Å²) < 4.78 is 1.34. The number of hydrogen-bond donors (Lipinski definition) is 1. The van der Waals surface area contributed by atoms with Gasteiger partial charge in [-0.05, 0) is 37.8 Å². The van der Waals surface area contributed by atoms with E-state index in [1.54, 1.807) is 12.3 Å². The summed E-state index contributed by atoms with van der Waals surface area (Å²) in [5.41, 5.74) is 8.46. The Labute approximate surface area is 124 Å². The van der Waals surface area contributed by atoms with Crippen LogP contribution in [0.15, 0.2) is 24.4 Å². The topological polar surface area (TPSA) is 73.8 Å². The predicted molar refractivity (Wildman–Crippen MR) is 81.8 cm³/mol. The second-order valence-corrected chi connectivity index (χ2v) is 5.80.